The third-order valence-corrected chi connectivity index (χ3v) is 4.22. The fraction of sp³-hybridized carbons (Fsp3) is 0.273. The van der Waals surface area contributed by atoms with Crippen LogP contribution in [0.5, 0.6) is 5.75 Å². The van der Waals surface area contributed by atoms with Crippen molar-refractivity contribution in [2.75, 3.05) is 6.26 Å². The van der Waals surface area contributed by atoms with E-state index in [4.69, 9.17) is 0 Å². The van der Waals surface area contributed by atoms with E-state index < -0.39 is 0 Å². The lowest BCUT2D eigenvalue weighted by Gasteiger charge is -2.03. The number of aromatic hydroxyl groups is 1. The van der Waals surface area contributed by atoms with Crippen molar-refractivity contribution in [1.82, 2.24) is 0 Å². The summed E-state index contributed by atoms with van der Waals surface area (Å²) in [4.78, 5) is 1.18. The Morgan fingerprint density at radius 1 is 1.43 bits per heavy atom. The van der Waals surface area contributed by atoms with E-state index in [1.54, 1.807) is 23.1 Å². The van der Waals surface area contributed by atoms with Gasteiger partial charge >= 0.3 is 0 Å². The third-order valence-electron chi connectivity index (χ3n) is 2.36. The maximum Gasteiger partial charge on any atom is 0.128 e. The van der Waals surface area contributed by atoms with Gasteiger partial charge in [0, 0.05) is 20.4 Å². The lowest BCUT2D eigenvalue weighted by atomic mass is 10.1. The minimum Gasteiger partial charge on any atom is -0.507 e. The average Bonchev–Trinajstić information content (AvgIpc) is 2.62. The van der Waals surface area contributed by atoms with Crippen LogP contribution in [0.2, 0.25) is 0 Å². The van der Waals surface area contributed by atoms with Gasteiger partial charge < -0.3 is 5.11 Å². The van der Waals surface area contributed by atoms with E-state index >= 15 is 0 Å². The average molecular weight is 224 g/mol. The zero-order chi connectivity index (χ0) is 10.1. The fourth-order valence-corrected chi connectivity index (χ4v) is 3.39. The van der Waals surface area contributed by atoms with Crippen LogP contribution in [0.15, 0.2) is 22.4 Å². The summed E-state index contributed by atoms with van der Waals surface area (Å²) < 4.78 is 1.17. The predicted octanol–water partition coefficient (Wildman–Crippen LogP) is 3.89. The van der Waals surface area contributed by atoms with Crippen molar-refractivity contribution in [3.8, 4) is 5.75 Å². The molecule has 1 aromatic carbocycles. The molecule has 2 rings (SSSR count). The highest BCUT2D eigenvalue weighted by molar-refractivity contribution is 7.99. The fourth-order valence-electron chi connectivity index (χ4n) is 1.56. The Bertz CT molecular complexity index is 460. The van der Waals surface area contributed by atoms with Gasteiger partial charge in [0.2, 0.25) is 0 Å². The van der Waals surface area contributed by atoms with Crippen LogP contribution in [0.4, 0.5) is 0 Å². The number of hydrogen-bond donors (Lipinski definition) is 1. The van der Waals surface area contributed by atoms with Crippen molar-refractivity contribution in [3.63, 3.8) is 0 Å². The topological polar surface area (TPSA) is 20.2 Å². The molecular formula is C11H12OS2. The van der Waals surface area contributed by atoms with Gasteiger partial charge in [-0.05, 0) is 24.3 Å². The Morgan fingerprint density at radius 3 is 2.86 bits per heavy atom. The standard InChI is InChI=1S/C11H12OS2/c1-3-7-4-5-8-10(11(7)12)9(13-2)6-14-8/h4-6,12H,3H2,1-2H3. The first kappa shape index (κ1) is 9.87. The van der Waals surface area contributed by atoms with E-state index in [-0.39, 0.29) is 0 Å². The number of rotatable bonds is 2. The largest absolute Gasteiger partial charge is 0.507 e. The van der Waals surface area contributed by atoms with Crippen LogP contribution in [-0.2, 0) is 6.42 Å². The van der Waals surface area contributed by atoms with E-state index in [1.807, 2.05) is 12.3 Å². The second-order valence-corrected chi connectivity index (χ2v) is 4.86. The molecule has 0 radical (unpaired) electrons. The molecule has 0 bridgehead atoms. The summed E-state index contributed by atoms with van der Waals surface area (Å²) in [6, 6.07) is 4.11. The predicted molar refractivity (Wildman–Crippen MR) is 64.6 cm³/mol. The molecule has 0 unspecified atom stereocenters. The summed E-state index contributed by atoms with van der Waals surface area (Å²) in [5.41, 5.74) is 1.03. The quantitative estimate of drug-likeness (QED) is 0.781. The molecule has 0 saturated carbocycles. The van der Waals surface area contributed by atoms with E-state index in [1.165, 1.54) is 9.60 Å². The molecule has 3 heteroatoms. The number of thioether (sulfide) groups is 1. The van der Waals surface area contributed by atoms with Crippen molar-refractivity contribution in [1.29, 1.82) is 0 Å². The highest BCUT2D eigenvalue weighted by atomic mass is 32.2. The summed E-state index contributed by atoms with van der Waals surface area (Å²) >= 11 is 3.38. The molecule has 0 saturated heterocycles. The minimum absolute atomic E-state index is 0.468. The zero-order valence-corrected chi connectivity index (χ0v) is 9.84. The third kappa shape index (κ3) is 1.41. The number of aryl methyl sites for hydroxylation is 1. The van der Waals surface area contributed by atoms with E-state index in [2.05, 4.69) is 18.4 Å². The van der Waals surface area contributed by atoms with Gasteiger partial charge in [0.1, 0.15) is 5.75 Å². The number of thiophene rings is 1. The molecular weight excluding hydrogens is 212 g/mol. The first-order valence-corrected chi connectivity index (χ1v) is 6.64. The molecule has 2 aromatic rings. The van der Waals surface area contributed by atoms with E-state index in [9.17, 15) is 5.11 Å². The van der Waals surface area contributed by atoms with Gasteiger partial charge in [-0.25, -0.2) is 0 Å². The summed E-state index contributed by atoms with van der Waals surface area (Å²) in [7, 11) is 0. The normalized spacial score (nSPS) is 11.0. The molecule has 0 aliphatic carbocycles. The monoisotopic (exact) mass is 224 g/mol. The summed E-state index contributed by atoms with van der Waals surface area (Å²) in [6.07, 6.45) is 2.92. The number of benzene rings is 1. The Kier molecular flexibility index (Phi) is 2.70. The molecule has 0 aliphatic rings. The molecule has 0 fully saturated rings. The zero-order valence-electron chi connectivity index (χ0n) is 8.20. The Morgan fingerprint density at radius 2 is 2.21 bits per heavy atom. The summed E-state index contributed by atoms with van der Waals surface area (Å²) in [6.45, 7) is 2.06. The number of hydrogen-bond acceptors (Lipinski definition) is 3. The minimum atomic E-state index is 0.468. The van der Waals surface area contributed by atoms with Gasteiger partial charge in [0.05, 0.1) is 0 Å². The first-order valence-electron chi connectivity index (χ1n) is 4.54. The van der Waals surface area contributed by atoms with Crippen molar-refractivity contribution in [2.45, 2.75) is 18.2 Å². The van der Waals surface area contributed by atoms with Crippen LogP contribution < -0.4 is 0 Å². The molecule has 0 spiro atoms. The number of phenols is 1. The molecule has 1 nitrogen and oxygen atoms in total. The van der Waals surface area contributed by atoms with Gasteiger partial charge in [0.25, 0.3) is 0 Å². The lowest BCUT2D eigenvalue weighted by molar-refractivity contribution is 0.475. The Labute approximate surface area is 91.8 Å². The molecule has 0 atom stereocenters. The van der Waals surface area contributed by atoms with Crippen LogP contribution in [0, 0.1) is 0 Å². The number of phenolic OH excluding ortho intramolecular Hbond substituents is 1. The van der Waals surface area contributed by atoms with Crippen molar-refractivity contribution < 1.29 is 5.11 Å². The summed E-state index contributed by atoms with van der Waals surface area (Å²) in [5.74, 6) is 0.468. The molecule has 0 aliphatic heterocycles. The SMILES string of the molecule is CCc1ccc2scc(SC)c2c1O. The first-order chi connectivity index (χ1) is 6.77. The highest BCUT2D eigenvalue weighted by Gasteiger charge is 2.10. The lowest BCUT2D eigenvalue weighted by Crippen LogP contribution is -1.81. The van der Waals surface area contributed by atoms with Gasteiger partial charge in [-0.15, -0.1) is 23.1 Å². The molecule has 0 amide bonds. The van der Waals surface area contributed by atoms with Crippen molar-refractivity contribution >= 4 is 33.2 Å². The van der Waals surface area contributed by atoms with Crippen LogP contribution in [0.1, 0.15) is 12.5 Å². The molecule has 14 heavy (non-hydrogen) atoms. The Hall–Kier alpha value is -0.670. The summed E-state index contributed by atoms with van der Waals surface area (Å²) in [5, 5.41) is 13.2. The van der Waals surface area contributed by atoms with Gasteiger partial charge in [-0.3, -0.25) is 0 Å². The molecule has 1 N–H and O–H groups in total. The molecule has 1 heterocycles. The second-order valence-electron chi connectivity index (χ2n) is 3.10. The van der Waals surface area contributed by atoms with Gasteiger partial charge in [-0.2, -0.15) is 0 Å². The molecule has 1 aromatic heterocycles. The maximum absolute atomic E-state index is 10.0. The number of fused-ring (bicyclic) bond motifs is 1. The maximum atomic E-state index is 10.0. The van der Waals surface area contributed by atoms with Crippen molar-refractivity contribution in [3.05, 3.63) is 23.1 Å². The molecule has 74 valence electrons. The Balaban J connectivity index is 2.77. The van der Waals surface area contributed by atoms with Crippen LogP contribution >= 0.6 is 23.1 Å². The van der Waals surface area contributed by atoms with E-state index in [0.717, 1.165) is 17.4 Å². The smallest absolute Gasteiger partial charge is 0.128 e. The van der Waals surface area contributed by atoms with Crippen LogP contribution in [0.3, 0.4) is 0 Å². The van der Waals surface area contributed by atoms with Crippen LogP contribution in [-0.4, -0.2) is 11.4 Å². The van der Waals surface area contributed by atoms with Gasteiger partial charge in [-0.1, -0.05) is 13.0 Å². The second kappa shape index (κ2) is 3.83. The highest BCUT2D eigenvalue weighted by Crippen LogP contribution is 2.39. The van der Waals surface area contributed by atoms with E-state index in [0.29, 0.717) is 5.75 Å². The van der Waals surface area contributed by atoms with Crippen LogP contribution in [0.25, 0.3) is 10.1 Å². The van der Waals surface area contributed by atoms with Gasteiger partial charge in [0.15, 0.2) is 0 Å². The van der Waals surface area contributed by atoms with Crippen molar-refractivity contribution in [2.24, 2.45) is 0 Å².